The predicted molar refractivity (Wildman–Crippen MR) is 87.2 cm³/mol. The Morgan fingerprint density at radius 1 is 1.35 bits per heavy atom. The van der Waals surface area contributed by atoms with Gasteiger partial charge in [-0.1, -0.05) is 39.1 Å². The molecule has 112 valence electrons. The topological polar surface area (TPSA) is 58.2 Å². The lowest BCUT2D eigenvalue weighted by molar-refractivity contribution is 0.404. The van der Waals surface area contributed by atoms with Gasteiger partial charge < -0.3 is 5.32 Å². The average Bonchev–Trinajstić information content (AvgIpc) is 2.34. The van der Waals surface area contributed by atoms with Gasteiger partial charge in [0.05, 0.1) is 21.5 Å². The number of halogens is 3. The summed E-state index contributed by atoms with van der Waals surface area (Å²) >= 11 is 15.3. The highest BCUT2D eigenvalue weighted by Gasteiger charge is 2.22. The summed E-state index contributed by atoms with van der Waals surface area (Å²) in [5, 5.41) is 3.75. The molecular formula is C12H15BrCl2N2O2S. The van der Waals surface area contributed by atoms with Crippen LogP contribution in [0, 0.1) is 5.92 Å². The molecule has 1 aliphatic rings. The Morgan fingerprint density at radius 3 is 2.55 bits per heavy atom. The summed E-state index contributed by atoms with van der Waals surface area (Å²) < 4.78 is 27.6. The lowest BCUT2D eigenvalue weighted by Crippen LogP contribution is -2.35. The van der Waals surface area contributed by atoms with Crippen molar-refractivity contribution in [2.45, 2.75) is 12.8 Å². The van der Waals surface area contributed by atoms with E-state index in [4.69, 9.17) is 23.2 Å². The molecule has 1 saturated heterocycles. The Balaban J connectivity index is 2.11. The zero-order valence-electron chi connectivity index (χ0n) is 10.6. The predicted octanol–water partition coefficient (Wildman–Crippen LogP) is 3.50. The van der Waals surface area contributed by atoms with Crippen LogP contribution >= 0.6 is 39.1 Å². The third kappa shape index (κ3) is 4.49. The lowest BCUT2D eigenvalue weighted by atomic mass is 10.0. The summed E-state index contributed by atoms with van der Waals surface area (Å²) in [5.74, 6) is 0.192. The number of nitrogens with one attached hydrogen (secondary N) is 2. The molecule has 2 N–H and O–H groups in total. The Bertz CT molecular complexity index is 566. The van der Waals surface area contributed by atoms with Gasteiger partial charge in [-0.25, -0.2) is 8.42 Å². The molecule has 0 bridgehead atoms. The quantitative estimate of drug-likeness (QED) is 0.811. The first-order valence-corrected chi connectivity index (χ1v) is 9.43. The fourth-order valence-corrected chi connectivity index (χ4v) is 5.15. The molecular weight excluding hydrogens is 387 g/mol. The second-order valence-electron chi connectivity index (χ2n) is 4.84. The zero-order chi connectivity index (χ0) is 14.8. The summed E-state index contributed by atoms with van der Waals surface area (Å²) in [6.07, 6.45) is 1.91. The minimum atomic E-state index is -3.47. The Morgan fingerprint density at radius 2 is 2.00 bits per heavy atom. The Kier molecular flexibility index (Phi) is 5.59. The van der Waals surface area contributed by atoms with Gasteiger partial charge in [0, 0.05) is 4.47 Å². The van der Waals surface area contributed by atoms with Crippen molar-refractivity contribution in [3.63, 3.8) is 0 Å². The number of rotatable bonds is 4. The van der Waals surface area contributed by atoms with Crippen molar-refractivity contribution in [3.05, 3.63) is 26.7 Å². The second-order valence-corrected chi connectivity index (χ2v) is 8.34. The molecule has 0 saturated carbocycles. The Hall–Kier alpha value is -0.0100. The molecule has 0 aliphatic carbocycles. The highest BCUT2D eigenvalue weighted by Crippen LogP contribution is 2.34. The summed E-state index contributed by atoms with van der Waals surface area (Å²) in [5.41, 5.74) is 0.236. The van der Waals surface area contributed by atoms with Gasteiger partial charge in [-0.05, 0) is 44.0 Å². The van der Waals surface area contributed by atoms with Crippen molar-refractivity contribution in [1.29, 1.82) is 0 Å². The number of benzene rings is 1. The molecule has 4 nitrogen and oxygen atoms in total. The normalized spacial score (nSPS) is 19.9. The number of sulfonamides is 1. The third-order valence-electron chi connectivity index (χ3n) is 3.12. The van der Waals surface area contributed by atoms with Gasteiger partial charge in [-0.2, -0.15) is 0 Å². The van der Waals surface area contributed by atoms with Crippen LogP contribution in [0.2, 0.25) is 10.0 Å². The highest BCUT2D eigenvalue weighted by molar-refractivity contribution is 9.10. The first-order chi connectivity index (χ1) is 9.37. The maximum atomic E-state index is 12.2. The summed E-state index contributed by atoms with van der Waals surface area (Å²) in [6.45, 7) is 1.68. The Labute approximate surface area is 137 Å². The van der Waals surface area contributed by atoms with E-state index in [0.717, 1.165) is 25.9 Å². The van der Waals surface area contributed by atoms with E-state index in [9.17, 15) is 8.42 Å². The molecule has 1 aliphatic heterocycles. The largest absolute Gasteiger partial charge is 0.316 e. The van der Waals surface area contributed by atoms with Crippen LogP contribution < -0.4 is 10.0 Å². The van der Waals surface area contributed by atoms with Crippen LogP contribution in [0.3, 0.4) is 0 Å². The van der Waals surface area contributed by atoms with Crippen molar-refractivity contribution in [2.24, 2.45) is 5.92 Å². The van der Waals surface area contributed by atoms with Crippen LogP contribution in [-0.2, 0) is 10.0 Å². The molecule has 0 aromatic heterocycles. The molecule has 2 rings (SSSR count). The number of anilines is 1. The first-order valence-electron chi connectivity index (χ1n) is 6.23. The van der Waals surface area contributed by atoms with Crippen molar-refractivity contribution in [1.82, 2.24) is 5.32 Å². The van der Waals surface area contributed by atoms with Crippen molar-refractivity contribution < 1.29 is 8.42 Å². The lowest BCUT2D eigenvalue weighted by Gasteiger charge is -2.23. The van der Waals surface area contributed by atoms with Gasteiger partial charge in [0.2, 0.25) is 10.0 Å². The van der Waals surface area contributed by atoms with E-state index in [0.29, 0.717) is 4.47 Å². The standard InChI is InChI=1S/C12H15BrCl2N2O2S/c13-9-4-10(14)12(11(15)5-9)17-20(18,19)7-8-2-1-3-16-6-8/h4-5,8,16-17H,1-3,6-7H2. The fourth-order valence-electron chi connectivity index (χ4n) is 2.21. The minimum absolute atomic E-state index is 0.0721. The van der Waals surface area contributed by atoms with Crippen molar-refractivity contribution in [2.75, 3.05) is 23.6 Å². The van der Waals surface area contributed by atoms with Crippen LogP contribution in [0.4, 0.5) is 5.69 Å². The van der Waals surface area contributed by atoms with E-state index < -0.39 is 10.0 Å². The van der Waals surface area contributed by atoms with Crippen LogP contribution in [0.25, 0.3) is 0 Å². The molecule has 1 atom stereocenters. The second kappa shape index (κ2) is 6.83. The molecule has 0 amide bonds. The number of hydrogen-bond acceptors (Lipinski definition) is 3. The molecule has 0 spiro atoms. The molecule has 1 aromatic rings. The molecule has 1 fully saturated rings. The molecule has 1 unspecified atom stereocenters. The minimum Gasteiger partial charge on any atom is -0.316 e. The molecule has 20 heavy (non-hydrogen) atoms. The zero-order valence-corrected chi connectivity index (χ0v) is 14.5. The van der Waals surface area contributed by atoms with Gasteiger partial charge in [0.15, 0.2) is 0 Å². The van der Waals surface area contributed by atoms with Crippen LogP contribution in [0.1, 0.15) is 12.8 Å². The third-order valence-corrected chi connectivity index (χ3v) is 5.60. The maximum Gasteiger partial charge on any atom is 0.233 e. The van der Waals surface area contributed by atoms with Gasteiger partial charge in [-0.15, -0.1) is 0 Å². The summed E-state index contributed by atoms with van der Waals surface area (Å²) in [7, 11) is -3.47. The van der Waals surface area contributed by atoms with Crippen LogP contribution in [0.5, 0.6) is 0 Å². The SMILES string of the molecule is O=S(=O)(CC1CCCNC1)Nc1c(Cl)cc(Br)cc1Cl. The van der Waals surface area contributed by atoms with E-state index in [2.05, 4.69) is 26.0 Å². The van der Waals surface area contributed by atoms with E-state index in [1.54, 1.807) is 12.1 Å². The van der Waals surface area contributed by atoms with Gasteiger partial charge >= 0.3 is 0 Å². The van der Waals surface area contributed by atoms with Gasteiger partial charge in [-0.3, -0.25) is 4.72 Å². The van der Waals surface area contributed by atoms with Crippen LogP contribution in [-0.4, -0.2) is 27.3 Å². The molecule has 0 radical (unpaired) electrons. The summed E-state index contributed by atoms with van der Waals surface area (Å²) in [6, 6.07) is 3.21. The summed E-state index contributed by atoms with van der Waals surface area (Å²) in [4.78, 5) is 0. The van der Waals surface area contributed by atoms with Crippen LogP contribution in [0.15, 0.2) is 16.6 Å². The number of piperidine rings is 1. The molecule has 1 aromatic carbocycles. The van der Waals surface area contributed by atoms with Gasteiger partial charge in [0.25, 0.3) is 0 Å². The monoisotopic (exact) mass is 400 g/mol. The average molecular weight is 402 g/mol. The van der Waals surface area contributed by atoms with E-state index in [1.807, 2.05) is 0 Å². The van der Waals surface area contributed by atoms with E-state index >= 15 is 0 Å². The van der Waals surface area contributed by atoms with E-state index in [1.165, 1.54) is 0 Å². The van der Waals surface area contributed by atoms with Crippen molar-refractivity contribution in [3.8, 4) is 0 Å². The maximum absolute atomic E-state index is 12.2. The highest BCUT2D eigenvalue weighted by atomic mass is 79.9. The van der Waals surface area contributed by atoms with E-state index in [-0.39, 0.29) is 27.4 Å². The first kappa shape index (κ1) is 16.4. The van der Waals surface area contributed by atoms with Crippen molar-refractivity contribution >= 4 is 54.8 Å². The fraction of sp³-hybridized carbons (Fsp3) is 0.500. The number of hydrogen-bond donors (Lipinski definition) is 2. The molecule has 8 heteroatoms. The molecule has 1 heterocycles. The van der Waals surface area contributed by atoms with Gasteiger partial charge in [0.1, 0.15) is 0 Å². The smallest absolute Gasteiger partial charge is 0.233 e.